The molecular weight excluding hydrogens is 246 g/mol. The summed E-state index contributed by atoms with van der Waals surface area (Å²) in [5.74, 6) is 1.11. The molecule has 1 unspecified atom stereocenters. The minimum Gasteiger partial charge on any atom is -0.381 e. The third kappa shape index (κ3) is 3.03. The van der Waals surface area contributed by atoms with Gasteiger partial charge in [0, 0.05) is 19.5 Å². The molecule has 0 radical (unpaired) electrons. The monoisotopic (exact) mass is 271 g/mol. The SMILES string of the molecule is Cc1nn(C)c(C)c1NCC(c1ccccc1)C(C)C. The summed E-state index contributed by atoms with van der Waals surface area (Å²) in [4.78, 5) is 0. The predicted molar refractivity (Wildman–Crippen MR) is 85.2 cm³/mol. The van der Waals surface area contributed by atoms with Crippen molar-refractivity contribution in [3.63, 3.8) is 0 Å². The summed E-state index contributed by atoms with van der Waals surface area (Å²) >= 11 is 0. The maximum Gasteiger partial charge on any atom is 0.0827 e. The van der Waals surface area contributed by atoms with E-state index in [4.69, 9.17) is 0 Å². The van der Waals surface area contributed by atoms with Crippen LogP contribution in [0.4, 0.5) is 5.69 Å². The molecule has 1 heterocycles. The van der Waals surface area contributed by atoms with Crippen molar-refractivity contribution >= 4 is 5.69 Å². The highest BCUT2D eigenvalue weighted by molar-refractivity contribution is 5.52. The van der Waals surface area contributed by atoms with E-state index in [9.17, 15) is 0 Å². The largest absolute Gasteiger partial charge is 0.381 e. The summed E-state index contributed by atoms with van der Waals surface area (Å²) in [5.41, 5.74) is 4.84. The number of anilines is 1. The van der Waals surface area contributed by atoms with E-state index >= 15 is 0 Å². The lowest BCUT2D eigenvalue weighted by Crippen LogP contribution is -2.18. The Morgan fingerprint density at radius 1 is 1.15 bits per heavy atom. The number of hydrogen-bond donors (Lipinski definition) is 1. The van der Waals surface area contributed by atoms with Gasteiger partial charge in [0.15, 0.2) is 0 Å². The van der Waals surface area contributed by atoms with Crippen molar-refractivity contribution in [3.8, 4) is 0 Å². The Labute approximate surface area is 122 Å². The van der Waals surface area contributed by atoms with E-state index in [1.54, 1.807) is 0 Å². The first-order chi connectivity index (χ1) is 9.50. The molecule has 0 fully saturated rings. The molecule has 0 saturated heterocycles. The van der Waals surface area contributed by atoms with Crippen LogP contribution in [0.15, 0.2) is 30.3 Å². The van der Waals surface area contributed by atoms with Gasteiger partial charge in [-0.25, -0.2) is 0 Å². The molecule has 1 atom stereocenters. The van der Waals surface area contributed by atoms with Gasteiger partial charge in [0.05, 0.1) is 17.1 Å². The van der Waals surface area contributed by atoms with E-state index in [2.05, 4.69) is 68.4 Å². The lowest BCUT2D eigenvalue weighted by molar-refractivity contribution is 0.517. The van der Waals surface area contributed by atoms with Crippen LogP contribution >= 0.6 is 0 Å². The number of aryl methyl sites for hydroxylation is 2. The highest BCUT2D eigenvalue weighted by atomic mass is 15.3. The third-order valence-electron chi connectivity index (χ3n) is 4.04. The molecule has 0 aliphatic heterocycles. The standard InChI is InChI=1S/C17H25N3/c1-12(2)16(15-9-7-6-8-10-15)11-18-17-13(3)19-20(5)14(17)4/h6-10,12,16,18H,11H2,1-5H3. The highest BCUT2D eigenvalue weighted by Gasteiger charge is 2.17. The predicted octanol–water partition coefficient (Wildman–Crippen LogP) is 3.89. The highest BCUT2D eigenvalue weighted by Crippen LogP contribution is 2.26. The van der Waals surface area contributed by atoms with Gasteiger partial charge in [-0.1, -0.05) is 44.2 Å². The smallest absolute Gasteiger partial charge is 0.0827 e. The van der Waals surface area contributed by atoms with Gasteiger partial charge >= 0.3 is 0 Å². The van der Waals surface area contributed by atoms with Crippen LogP contribution in [-0.4, -0.2) is 16.3 Å². The van der Waals surface area contributed by atoms with Gasteiger partial charge in [-0.05, 0) is 25.3 Å². The fourth-order valence-electron chi connectivity index (χ4n) is 2.68. The molecule has 20 heavy (non-hydrogen) atoms. The fourth-order valence-corrected chi connectivity index (χ4v) is 2.68. The quantitative estimate of drug-likeness (QED) is 0.894. The lowest BCUT2D eigenvalue weighted by atomic mass is 9.88. The maximum atomic E-state index is 4.46. The van der Waals surface area contributed by atoms with Crippen molar-refractivity contribution in [1.29, 1.82) is 0 Å². The molecule has 0 aliphatic rings. The summed E-state index contributed by atoms with van der Waals surface area (Å²) < 4.78 is 1.94. The van der Waals surface area contributed by atoms with Gasteiger partial charge in [0.1, 0.15) is 0 Å². The summed E-state index contributed by atoms with van der Waals surface area (Å²) in [6, 6.07) is 10.7. The van der Waals surface area contributed by atoms with E-state index in [1.165, 1.54) is 16.9 Å². The van der Waals surface area contributed by atoms with Crippen molar-refractivity contribution in [2.45, 2.75) is 33.6 Å². The fraction of sp³-hybridized carbons (Fsp3) is 0.471. The average Bonchev–Trinajstić information content (AvgIpc) is 2.66. The van der Waals surface area contributed by atoms with E-state index in [-0.39, 0.29) is 0 Å². The molecule has 0 saturated carbocycles. The number of hydrogen-bond acceptors (Lipinski definition) is 2. The topological polar surface area (TPSA) is 29.9 Å². The molecular formula is C17H25N3. The first-order valence-electron chi connectivity index (χ1n) is 7.29. The van der Waals surface area contributed by atoms with Crippen LogP contribution in [-0.2, 0) is 7.05 Å². The Morgan fingerprint density at radius 2 is 1.80 bits per heavy atom. The van der Waals surface area contributed by atoms with E-state index in [1.807, 2.05) is 11.7 Å². The Hall–Kier alpha value is -1.77. The van der Waals surface area contributed by atoms with Crippen LogP contribution in [0.1, 0.15) is 36.7 Å². The van der Waals surface area contributed by atoms with Gasteiger partial charge in [-0.15, -0.1) is 0 Å². The second-order valence-electron chi connectivity index (χ2n) is 5.81. The minimum atomic E-state index is 0.509. The number of benzene rings is 1. The van der Waals surface area contributed by atoms with Gasteiger partial charge < -0.3 is 5.32 Å². The van der Waals surface area contributed by atoms with E-state index in [0.717, 1.165) is 12.2 Å². The second-order valence-corrected chi connectivity index (χ2v) is 5.81. The van der Waals surface area contributed by atoms with E-state index in [0.29, 0.717) is 11.8 Å². The molecule has 1 aromatic heterocycles. The van der Waals surface area contributed by atoms with Gasteiger partial charge in [0.2, 0.25) is 0 Å². The number of aromatic nitrogens is 2. The average molecular weight is 271 g/mol. The Bertz CT molecular complexity index is 555. The molecule has 2 rings (SSSR count). The number of nitrogens with one attached hydrogen (secondary N) is 1. The summed E-state index contributed by atoms with van der Waals surface area (Å²) in [6.45, 7) is 9.66. The Kier molecular flexibility index (Phi) is 4.48. The van der Waals surface area contributed by atoms with Crippen LogP contribution in [0.25, 0.3) is 0 Å². The van der Waals surface area contributed by atoms with Gasteiger partial charge in [-0.3, -0.25) is 4.68 Å². The van der Waals surface area contributed by atoms with Gasteiger partial charge in [0.25, 0.3) is 0 Å². The first-order valence-corrected chi connectivity index (χ1v) is 7.29. The van der Waals surface area contributed by atoms with Gasteiger partial charge in [-0.2, -0.15) is 5.10 Å². The molecule has 108 valence electrons. The zero-order valence-electron chi connectivity index (χ0n) is 13.1. The molecule has 0 amide bonds. The molecule has 2 aromatic rings. The minimum absolute atomic E-state index is 0.509. The summed E-state index contributed by atoms with van der Waals surface area (Å²) in [5, 5.41) is 8.06. The van der Waals surface area contributed by atoms with E-state index < -0.39 is 0 Å². The Morgan fingerprint density at radius 3 is 2.30 bits per heavy atom. The first kappa shape index (κ1) is 14.6. The normalized spacial score (nSPS) is 12.7. The molecule has 1 N–H and O–H groups in total. The molecule has 3 heteroatoms. The Balaban J connectivity index is 2.14. The summed E-state index contributed by atoms with van der Waals surface area (Å²) in [6.07, 6.45) is 0. The summed E-state index contributed by atoms with van der Waals surface area (Å²) in [7, 11) is 1.99. The van der Waals surface area contributed by atoms with Crippen LogP contribution in [0.2, 0.25) is 0 Å². The van der Waals surface area contributed by atoms with Crippen molar-refractivity contribution in [2.24, 2.45) is 13.0 Å². The molecule has 0 aliphatic carbocycles. The van der Waals surface area contributed by atoms with Crippen molar-refractivity contribution in [3.05, 3.63) is 47.3 Å². The van der Waals surface area contributed by atoms with Crippen molar-refractivity contribution in [2.75, 3.05) is 11.9 Å². The lowest BCUT2D eigenvalue weighted by Gasteiger charge is -2.22. The zero-order valence-corrected chi connectivity index (χ0v) is 13.1. The van der Waals surface area contributed by atoms with Crippen LogP contribution < -0.4 is 5.32 Å². The molecule has 0 spiro atoms. The molecule has 1 aromatic carbocycles. The molecule has 0 bridgehead atoms. The van der Waals surface area contributed by atoms with Crippen LogP contribution in [0.5, 0.6) is 0 Å². The van der Waals surface area contributed by atoms with Crippen molar-refractivity contribution < 1.29 is 0 Å². The van der Waals surface area contributed by atoms with Crippen LogP contribution in [0.3, 0.4) is 0 Å². The second kappa shape index (κ2) is 6.12. The zero-order chi connectivity index (χ0) is 14.7. The molecule has 3 nitrogen and oxygen atoms in total. The number of rotatable bonds is 5. The van der Waals surface area contributed by atoms with Crippen LogP contribution in [0, 0.1) is 19.8 Å². The maximum absolute atomic E-state index is 4.46. The van der Waals surface area contributed by atoms with Crippen molar-refractivity contribution in [1.82, 2.24) is 9.78 Å². The number of nitrogens with zero attached hydrogens (tertiary/aromatic N) is 2. The third-order valence-corrected chi connectivity index (χ3v) is 4.04.